The Morgan fingerprint density at radius 2 is 2.04 bits per heavy atom. The Labute approximate surface area is 165 Å². The predicted octanol–water partition coefficient (Wildman–Crippen LogP) is 3.95. The molecule has 1 unspecified atom stereocenters. The average Bonchev–Trinajstić information content (AvgIpc) is 3.31. The van der Waals surface area contributed by atoms with Crippen molar-refractivity contribution < 1.29 is 19.1 Å². The van der Waals surface area contributed by atoms with Gasteiger partial charge in [0, 0.05) is 29.5 Å². The smallest absolute Gasteiger partial charge is 0.296 e. The SMILES string of the molecule is O=C1C(=O)N(Cc2cccnc2)C(c2ccco2)/C1=C(/O)c1cccc(Cl)c1. The van der Waals surface area contributed by atoms with Gasteiger partial charge in [-0.3, -0.25) is 14.6 Å². The van der Waals surface area contributed by atoms with Gasteiger partial charge in [-0.1, -0.05) is 29.8 Å². The summed E-state index contributed by atoms with van der Waals surface area (Å²) in [6, 6.07) is 12.5. The lowest BCUT2D eigenvalue weighted by molar-refractivity contribution is -0.140. The summed E-state index contributed by atoms with van der Waals surface area (Å²) in [7, 11) is 0. The van der Waals surface area contributed by atoms with Crippen molar-refractivity contribution in [3.63, 3.8) is 0 Å². The lowest BCUT2D eigenvalue weighted by Crippen LogP contribution is -2.29. The molecule has 3 aromatic rings. The number of amides is 1. The van der Waals surface area contributed by atoms with E-state index in [1.807, 2.05) is 6.07 Å². The van der Waals surface area contributed by atoms with E-state index in [2.05, 4.69) is 4.98 Å². The fourth-order valence-corrected chi connectivity index (χ4v) is 3.46. The molecule has 28 heavy (non-hydrogen) atoms. The highest BCUT2D eigenvalue weighted by Gasteiger charge is 2.47. The summed E-state index contributed by atoms with van der Waals surface area (Å²) in [5, 5.41) is 11.3. The van der Waals surface area contributed by atoms with Crippen LogP contribution in [0.3, 0.4) is 0 Å². The van der Waals surface area contributed by atoms with Crippen molar-refractivity contribution in [1.82, 2.24) is 9.88 Å². The van der Waals surface area contributed by atoms with Crippen molar-refractivity contribution >= 4 is 29.1 Å². The molecule has 0 spiro atoms. The molecule has 140 valence electrons. The molecule has 0 radical (unpaired) electrons. The standard InChI is InChI=1S/C21H15ClN2O4/c22-15-6-1-5-14(10-15)19(25)17-18(16-7-3-9-28-16)24(21(27)20(17)26)12-13-4-2-8-23-11-13/h1-11,18,25H,12H2/b19-17-. The molecule has 1 saturated heterocycles. The second-order valence-corrected chi connectivity index (χ2v) is 6.75. The number of likely N-dealkylation sites (tertiary alicyclic amines) is 1. The third kappa shape index (κ3) is 3.18. The summed E-state index contributed by atoms with van der Waals surface area (Å²) in [6.45, 7) is 0.149. The lowest BCUT2D eigenvalue weighted by Gasteiger charge is -2.23. The van der Waals surface area contributed by atoms with Crippen LogP contribution in [0.15, 0.2) is 77.2 Å². The Balaban J connectivity index is 1.84. The Kier molecular flexibility index (Phi) is 4.71. The molecule has 0 bridgehead atoms. The first-order valence-electron chi connectivity index (χ1n) is 8.53. The highest BCUT2D eigenvalue weighted by Crippen LogP contribution is 2.40. The molecule has 3 heterocycles. The second-order valence-electron chi connectivity index (χ2n) is 6.31. The zero-order valence-corrected chi connectivity index (χ0v) is 15.3. The van der Waals surface area contributed by atoms with Crippen molar-refractivity contribution in [2.45, 2.75) is 12.6 Å². The number of hydrogen-bond acceptors (Lipinski definition) is 5. The van der Waals surface area contributed by atoms with E-state index in [0.717, 1.165) is 5.56 Å². The first kappa shape index (κ1) is 18.0. The quantitative estimate of drug-likeness (QED) is 0.411. The second kappa shape index (κ2) is 7.32. The number of aromatic nitrogens is 1. The van der Waals surface area contributed by atoms with Gasteiger partial charge in [-0.25, -0.2) is 0 Å². The summed E-state index contributed by atoms with van der Waals surface area (Å²) in [4.78, 5) is 31.0. The number of rotatable bonds is 4. The molecular weight excluding hydrogens is 380 g/mol. The molecule has 4 rings (SSSR count). The highest BCUT2D eigenvalue weighted by molar-refractivity contribution is 6.46. The number of halogens is 1. The van der Waals surface area contributed by atoms with Crippen LogP contribution in [-0.4, -0.2) is 26.7 Å². The first-order valence-corrected chi connectivity index (χ1v) is 8.90. The van der Waals surface area contributed by atoms with Crippen molar-refractivity contribution in [3.8, 4) is 0 Å². The minimum atomic E-state index is -0.853. The molecule has 1 fully saturated rings. The van der Waals surface area contributed by atoms with E-state index >= 15 is 0 Å². The zero-order chi connectivity index (χ0) is 19.7. The molecule has 1 aliphatic rings. The van der Waals surface area contributed by atoms with Crippen molar-refractivity contribution in [2.75, 3.05) is 0 Å². The molecule has 2 aromatic heterocycles. The Hall–Kier alpha value is -3.38. The minimum Gasteiger partial charge on any atom is -0.507 e. The molecule has 0 aliphatic carbocycles. The van der Waals surface area contributed by atoms with E-state index in [4.69, 9.17) is 16.0 Å². The van der Waals surface area contributed by atoms with Crippen molar-refractivity contribution in [3.05, 3.63) is 94.7 Å². The van der Waals surface area contributed by atoms with E-state index in [9.17, 15) is 14.7 Å². The number of carbonyl (C=O) groups is 2. The number of ketones is 1. The van der Waals surface area contributed by atoms with Crippen LogP contribution in [0.2, 0.25) is 5.02 Å². The van der Waals surface area contributed by atoms with Crippen LogP contribution in [0.25, 0.3) is 5.76 Å². The van der Waals surface area contributed by atoms with Crippen LogP contribution in [0.5, 0.6) is 0 Å². The predicted molar refractivity (Wildman–Crippen MR) is 102 cm³/mol. The van der Waals surface area contributed by atoms with Gasteiger partial charge in [-0.15, -0.1) is 0 Å². The van der Waals surface area contributed by atoms with Crippen LogP contribution in [0.4, 0.5) is 0 Å². The number of hydrogen-bond donors (Lipinski definition) is 1. The number of aliphatic hydroxyl groups is 1. The fourth-order valence-electron chi connectivity index (χ4n) is 3.27. The van der Waals surface area contributed by atoms with Crippen LogP contribution in [0, 0.1) is 0 Å². The lowest BCUT2D eigenvalue weighted by atomic mass is 9.99. The van der Waals surface area contributed by atoms with Gasteiger partial charge in [-0.2, -0.15) is 0 Å². The molecule has 7 heteroatoms. The summed E-state index contributed by atoms with van der Waals surface area (Å²) in [5.74, 6) is -1.40. The van der Waals surface area contributed by atoms with Crippen LogP contribution in [0.1, 0.15) is 22.9 Å². The monoisotopic (exact) mass is 394 g/mol. The van der Waals surface area contributed by atoms with Gasteiger partial charge in [-0.05, 0) is 35.9 Å². The largest absolute Gasteiger partial charge is 0.507 e. The molecule has 1 atom stereocenters. The van der Waals surface area contributed by atoms with Gasteiger partial charge in [0.15, 0.2) is 0 Å². The molecule has 0 saturated carbocycles. The molecule has 6 nitrogen and oxygen atoms in total. The highest BCUT2D eigenvalue weighted by atomic mass is 35.5. The Morgan fingerprint density at radius 1 is 1.18 bits per heavy atom. The maximum absolute atomic E-state index is 12.8. The molecular formula is C21H15ClN2O4. The van der Waals surface area contributed by atoms with Crippen molar-refractivity contribution in [2.24, 2.45) is 0 Å². The number of aliphatic hydroxyl groups excluding tert-OH is 1. The number of carbonyl (C=O) groups excluding carboxylic acids is 2. The van der Waals surface area contributed by atoms with E-state index in [0.29, 0.717) is 16.3 Å². The first-order chi connectivity index (χ1) is 13.6. The Morgan fingerprint density at radius 3 is 2.71 bits per heavy atom. The van der Waals surface area contributed by atoms with Crippen LogP contribution < -0.4 is 0 Å². The molecule has 1 aromatic carbocycles. The Bertz CT molecular complexity index is 1060. The van der Waals surface area contributed by atoms with E-state index in [-0.39, 0.29) is 17.9 Å². The maximum atomic E-state index is 12.8. The van der Waals surface area contributed by atoms with E-state index < -0.39 is 17.7 Å². The van der Waals surface area contributed by atoms with E-state index in [1.165, 1.54) is 17.2 Å². The van der Waals surface area contributed by atoms with Gasteiger partial charge in [0.2, 0.25) is 0 Å². The minimum absolute atomic E-state index is 0.0360. The average molecular weight is 395 g/mol. The molecule has 1 aliphatic heterocycles. The zero-order valence-electron chi connectivity index (χ0n) is 14.6. The molecule has 1 N–H and O–H groups in total. The number of benzene rings is 1. The van der Waals surface area contributed by atoms with Gasteiger partial charge in [0.1, 0.15) is 17.6 Å². The van der Waals surface area contributed by atoms with Gasteiger partial charge in [0.05, 0.1) is 11.8 Å². The number of nitrogens with zero attached hydrogens (tertiary/aromatic N) is 2. The van der Waals surface area contributed by atoms with Gasteiger partial charge < -0.3 is 14.4 Å². The number of Topliss-reactive ketones (excluding diaryl/α,β-unsaturated/α-hetero) is 1. The summed E-state index contributed by atoms with van der Waals surface area (Å²) in [5.41, 5.74) is 1.07. The fraction of sp³-hybridized carbons (Fsp3) is 0.0952. The number of pyridine rings is 1. The van der Waals surface area contributed by atoms with Crippen molar-refractivity contribution in [1.29, 1.82) is 0 Å². The normalized spacial score (nSPS) is 18.6. The van der Waals surface area contributed by atoms with Gasteiger partial charge >= 0.3 is 0 Å². The third-order valence-corrected chi connectivity index (χ3v) is 4.76. The summed E-state index contributed by atoms with van der Waals surface area (Å²) >= 11 is 6.01. The molecule has 1 amide bonds. The van der Waals surface area contributed by atoms with Crippen LogP contribution >= 0.6 is 11.6 Å². The van der Waals surface area contributed by atoms with Crippen LogP contribution in [-0.2, 0) is 16.1 Å². The topological polar surface area (TPSA) is 83.6 Å². The summed E-state index contributed by atoms with van der Waals surface area (Å²) < 4.78 is 5.49. The number of furan rings is 1. The third-order valence-electron chi connectivity index (χ3n) is 4.53. The van der Waals surface area contributed by atoms with Gasteiger partial charge in [0.25, 0.3) is 11.7 Å². The van der Waals surface area contributed by atoms with E-state index in [1.54, 1.807) is 48.8 Å². The maximum Gasteiger partial charge on any atom is 0.296 e. The summed E-state index contributed by atoms with van der Waals surface area (Å²) in [6.07, 6.45) is 4.70.